The van der Waals surface area contributed by atoms with E-state index >= 15 is 4.79 Å². The molecule has 52 heavy (non-hydrogen) atoms. The summed E-state index contributed by atoms with van der Waals surface area (Å²) in [6.45, 7) is 0.213. The molecule has 5 atom stereocenters. The predicted molar refractivity (Wildman–Crippen MR) is 199 cm³/mol. The van der Waals surface area contributed by atoms with Gasteiger partial charge in [-0.05, 0) is 69.6 Å². The van der Waals surface area contributed by atoms with Crippen LogP contribution in [0.1, 0.15) is 28.3 Å². The molecular weight excluding hydrogens is 677 g/mol. The fraction of sp³-hybridized carbons (Fsp3) is 0.200. The lowest BCUT2D eigenvalue weighted by Gasteiger charge is -2.36. The monoisotopic (exact) mass is 716 g/mol. The van der Waals surface area contributed by atoms with Crippen molar-refractivity contribution in [3.05, 3.63) is 156 Å². The molecule has 0 aliphatic carbocycles. The van der Waals surface area contributed by atoms with Crippen molar-refractivity contribution in [3.8, 4) is 11.5 Å². The van der Waals surface area contributed by atoms with Crippen molar-refractivity contribution in [2.45, 2.75) is 43.8 Å². The normalized spacial score (nSPS) is 19.3. The number of nitrogens with one attached hydrogen (secondary N) is 1. The predicted octanol–water partition coefficient (Wildman–Crippen LogP) is 6.82. The smallest absolute Gasteiger partial charge is 0.446 e. The molecule has 1 saturated heterocycles. The van der Waals surface area contributed by atoms with Gasteiger partial charge in [0.05, 0.1) is 17.6 Å². The topological polar surface area (TPSA) is 154 Å². The number of anilines is 1. The highest BCUT2D eigenvalue weighted by molar-refractivity contribution is 7.39. The first-order valence-electron chi connectivity index (χ1n) is 17.0. The zero-order valence-electron chi connectivity index (χ0n) is 28.2. The van der Waals surface area contributed by atoms with Crippen LogP contribution in [-0.4, -0.2) is 60.8 Å². The van der Waals surface area contributed by atoms with Crippen LogP contribution < -0.4 is 15.0 Å². The largest absolute Gasteiger partial charge is 0.598 e. The van der Waals surface area contributed by atoms with Crippen LogP contribution in [0.4, 0.5) is 10.6 Å². The van der Waals surface area contributed by atoms with E-state index in [0.717, 1.165) is 22.0 Å². The average Bonchev–Trinajstić information content (AvgIpc) is 3.52. The number of hydrogen-bond acceptors (Lipinski definition) is 8. The van der Waals surface area contributed by atoms with Gasteiger partial charge in [0.25, 0.3) is 0 Å². The summed E-state index contributed by atoms with van der Waals surface area (Å²) in [5.74, 6) is 1.28. The first-order valence-corrected chi connectivity index (χ1v) is 18.3. The molecule has 1 aromatic heterocycles. The van der Waals surface area contributed by atoms with Gasteiger partial charge in [-0.2, -0.15) is 5.10 Å². The van der Waals surface area contributed by atoms with E-state index in [1.54, 1.807) is 52.3 Å². The summed E-state index contributed by atoms with van der Waals surface area (Å²) in [5.41, 5.74) is 9.99. The molecule has 264 valence electrons. The van der Waals surface area contributed by atoms with E-state index in [1.165, 1.54) is 0 Å². The lowest BCUT2D eigenvalue weighted by atomic mass is 9.90. The Morgan fingerprint density at radius 3 is 2.12 bits per heavy atom. The van der Waals surface area contributed by atoms with Crippen molar-refractivity contribution in [1.29, 1.82) is 0 Å². The summed E-state index contributed by atoms with van der Waals surface area (Å²) in [5, 5.41) is 31.9. The molecule has 5 N–H and O–H groups in total. The number of amides is 2. The molecule has 0 bridgehead atoms. The zero-order chi connectivity index (χ0) is 36.0. The Morgan fingerprint density at radius 2 is 1.37 bits per heavy atom. The molecule has 0 saturated carbocycles. The van der Waals surface area contributed by atoms with Gasteiger partial charge in [-0.25, -0.2) is 4.79 Å². The Balaban J connectivity index is 1.23. The molecular formula is C40H39N5O6P+. The Bertz CT molecular complexity index is 2130. The second-order valence-corrected chi connectivity index (χ2v) is 13.9. The third-order valence-electron chi connectivity index (χ3n) is 9.27. The van der Waals surface area contributed by atoms with Gasteiger partial charge in [0.2, 0.25) is 0 Å². The molecule has 6 aromatic rings. The maximum Gasteiger partial charge on any atom is 0.598 e. The molecule has 7 rings (SSSR count). The second kappa shape index (κ2) is 15.7. The summed E-state index contributed by atoms with van der Waals surface area (Å²) in [6.07, 6.45) is -2.51. The maximum atomic E-state index is 15.1. The molecule has 1 fully saturated rings. The molecule has 12 heteroatoms. The van der Waals surface area contributed by atoms with Gasteiger partial charge in [-0.1, -0.05) is 97.1 Å². The van der Waals surface area contributed by atoms with E-state index in [0.29, 0.717) is 34.9 Å². The van der Waals surface area contributed by atoms with E-state index in [4.69, 9.17) is 15.0 Å². The number of rotatable bonds is 12. The number of urea groups is 1. The van der Waals surface area contributed by atoms with E-state index in [1.807, 2.05) is 91.0 Å². The quantitative estimate of drug-likeness (QED) is 0.101. The van der Waals surface area contributed by atoms with Gasteiger partial charge in [0.1, 0.15) is 18.0 Å². The van der Waals surface area contributed by atoms with Crippen LogP contribution in [0.25, 0.3) is 10.9 Å². The standard InChI is InChI=1S/C40H39N5O6P/c41-39-33-22-29(19-20-34(33)42-43-39)24-44-35(23-27-11-4-1-5-12-27)37(46)38(47)36(30-14-6-2-7-15-30)45(40(44)48)25-28-13-10-18-32(21-28)50-26-52(49)51-31-16-8-3-9-17-31/h1-22,35-38,46-47H,23-26H2,(H3,41,42,43)/q+1/t35-,36?,37+,38+/m1/s1. The summed E-state index contributed by atoms with van der Waals surface area (Å²) in [4.78, 5) is 18.3. The highest BCUT2D eigenvalue weighted by atomic mass is 31.1. The number of aromatic nitrogens is 2. The van der Waals surface area contributed by atoms with Crippen molar-refractivity contribution in [2.24, 2.45) is 0 Å². The van der Waals surface area contributed by atoms with Gasteiger partial charge < -0.3 is 30.5 Å². The molecule has 0 spiro atoms. The van der Waals surface area contributed by atoms with E-state index in [9.17, 15) is 14.8 Å². The minimum absolute atomic E-state index is 0.0777. The number of H-pyrrole nitrogens is 1. The van der Waals surface area contributed by atoms with Crippen LogP contribution in [-0.2, 0) is 24.1 Å². The van der Waals surface area contributed by atoms with Crippen LogP contribution >= 0.6 is 8.03 Å². The highest BCUT2D eigenvalue weighted by Crippen LogP contribution is 2.37. The van der Waals surface area contributed by atoms with Crippen molar-refractivity contribution in [3.63, 3.8) is 0 Å². The molecule has 0 radical (unpaired) electrons. The summed E-state index contributed by atoms with van der Waals surface area (Å²) in [7, 11) is -2.15. The number of aliphatic hydroxyl groups is 2. The van der Waals surface area contributed by atoms with Crippen LogP contribution in [0.2, 0.25) is 0 Å². The van der Waals surface area contributed by atoms with E-state index < -0.39 is 32.3 Å². The Labute approximate surface area is 302 Å². The number of benzene rings is 5. The van der Waals surface area contributed by atoms with Crippen LogP contribution in [0.15, 0.2) is 133 Å². The van der Waals surface area contributed by atoms with E-state index in [-0.39, 0.29) is 25.5 Å². The molecule has 1 aliphatic heterocycles. The van der Waals surface area contributed by atoms with Crippen LogP contribution in [0, 0.1) is 0 Å². The van der Waals surface area contributed by atoms with Gasteiger partial charge in [0.15, 0.2) is 11.6 Å². The number of fused-ring (bicyclic) bond motifs is 1. The molecule has 11 nitrogen and oxygen atoms in total. The first-order chi connectivity index (χ1) is 25.3. The fourth-order valence-corrected chi connectivity index (χ4v) is 7.40. The summed E-state index contributed by atoms with van der Waals surface area (Å²) < 4.78 is 24.0. The number of ether oxygens (including phenoxy) is 1. The number of nitrogens with two attached hydrogens (primary N) is 1. The fourth-order valence-electron chi connectivity index (χ4n) is 6.73. The van der Waals surface area contributed by atoms with Gasteiger partial charge in [-0.15, -0.1) is 0 Å². The zero-order valence-corrected chi connectivity index (χ0v) is 29.1. The number of hydrogen-bond donors (Lipinski definition) is 4. The Morgan fingerprint density at radius 1 is 0.731 bits per heavy atom. The highest BCUT2D eigenvalue weighted by Gasteiger charge is 2.47. The summed E-state index contributed by atoms with van der Waals surface area (Å²) >= 11 is 0. The number of carbonyl (C=O) groups excluding carboxylic acids is 1. The number of aromatic amines is 1. The van der Waals surface area contributed by atoms with Crippen molar-refractivity contribution in [1.82, 2.24) is 20.0 Å². The average molecular weight is 717 g/mol. The van der Waals surface area contributed by atoms with E-state index in [2.05, 4.69) is 10.2 Å². The second-order valence-electron chi connectivity index (χ2n) is 12.8. The first kappa shape index (κ1) is 34.7. The molecule has 2 unspecified atom stereocenters. The van der Waals surface area contributed by atoms with Crippen molar-refractivity contribution >= 4 is 30.8 Å². The SMILES string of the molecule is Nc1n[nH]c2ccc(CN3C(=O)N(Cc4cccc(OC[P+](=O)Oc5ccccc5)c4)C(c4ccccc4)[C@H](O)[C@@H](O)[C@H]3Cc3ccccc3)cc12. The van der Waals surface area contributed by atoms with Crippen molar-refractivity contribution < 1.29 is 28.8 Å². The molecule has 5 aromatic carbocycles. The maximum absolute atomic E-state index is 15.1. The molecule has 2 amide bonds. The van der Waals surface area contributed by atoms with Gasteiger partial charge >= 0.3 is 20.4 Å². The van der Waals surface area contributed by atoms with Crippen LogP contribution in [0.3, 0.4) is 0 Å². The Kier molecular flexibility index (Phi) is 10.4. The number of para-hydroxylation sites is 1. The minimum Gasteiger partial charge on any atom is -0.446 e. The minimum atomic E-state index is -2.15. The number of nitrogen functional groups attached to an aromatic ring is 1. The number of nitrogens with zero attached hydrogens (tertiary/aromatic N) is 3. The third-order valence-corrected chi connectivity index (χ3v) is 10.0. The molecule has 2 heterocycles. The third kappa shape index (κ3) is 7.77. The Hall–Kier alpha value is -5.74. The van der Waals surface area contributed by atoms with Gasteiger partial charge in [0, 0.05) is 18.5 Å². The van der Waals surface area contributed by atoms with Crippen LogP contribution in [0.5, 0.6) is 11.5 Å². The lowest BCUT2D eigenvalue weighted by molar-refractivity contribution is -0.0418. The number of carbonyl (C=O) groups is 1. The van der Waals surface area contributed by atoms with Gasteiger partial charge in [-0.3, -0.25) is 9.62 Å². The van der Waals surface area contributed by atoms with Crippen molar-refractivity contribution in [2.75, 3.05) is 12.1 Å². The lowest BCUT2D eigenvalue weighted by Crippen LogP contribution is -2.50. The molecule has 1 aliphatic rings. The summed E-state index contributed by atoms with van der Waals surface area (Å²) in [6, 6.07) is 38.5. The number of aliphatic hydroxyl groups excluding tert-OH is 2.